The number of aryl methyl sites for hydroxylation is 2. The zero-order valence-electron chi connectivity index (χ0n) is 11.0. The fourth-order valence-electron chi connectivity index (χ4n) is 2.23. The molecule has 1 fully saturated rings. The topological polar surface area (TPSA) is 73.2 Å². The summed E-state index contributed by atoms with van der Waals surface area (Å²) >= 11 is 0. The second-order valence-corrected chi connectivity index (χ2v) is 6.60. The van der Waals surface area contributed by atoms with Gasteiger partial charge in [0.1, 0.15) is 0 Å². The summed E-state index contributed by atoms with van der Waals surface area (Å²) in [6, 6.07) is 5.18. The number of sulfonamides is 1. The maximum atomic E-state index is 12.3. The van der Waals surface area contributed by atoms with Gasteiger partial charge in [-0.1, -0.05) is 12.1 Å². The molecule has 1 aliphatic heterocycles. The summed E-state index contributed by atoms with van der Waals surface area (Å²) < 4.78 is 27.4. The third-order valence-electron chi connectivity index (χ3n) is 3.28. The lowest BCUT2D eigenvalue weighted by Gasteiger charge is -2.14. The van der Waals surface area contributed by atoms with Gasteiger partial charge in [0.2, 0.25) is 10.0 Å². The first-order valence-electron chi connectivity index (χ1n) is 6.16. The number of benzene rings is 1. The highest BCUT2D eigenvalue weighted by Gasteiger charge is 2.27. The van der Waals surface area contributed by atoms with Crippen LogP contribution < -0.4 is 4.72 Å². The molecule has 2 rings (SSSR count). The van der Waals surface area contributed by atoms with Crippen LogP contribution in [0.3, 0.4) is 0 Å². The number of likely N-dealkylation sites (tertiary alicyclic amines) is 1. The van der Waals surface area contributed by atoms with E-state index >= 15 is 0 Å². The summed E-state index contributed by atoms with van der Waals surface area (Å²) in [5.41, 5.74) is 1.64. The zero-order valence-corrected chi connectivity index (χ0v) is 11.9. The van der Waals surface area contributed by atoms with Crippen LogP contribution in [-0.4, -0.2) is 32.4 Å². The molecule has 0 bridgehead atoms. The van der Waals surface area contributed by atoms with Crippen LogP contribution in [0.4, 0.5) is 0 Å². The Morgan fingerprint density at radius 1 is 1.42 bits per heavy atom. The third-order valence-corrected chi connectivity index (χ3v) is 4.95. The van der Waals surface area contributed by atoms with Crippen molar-refractivity contribution in [3.8, 4) is 6.19 Å². The number of nitriles is 1. The summed E-state index contributed by atoms with van der Waals surface area (Å²) in [5.74, 6) is 0. The molecule has 5 nitrogen and oxygen atoms in total. The lowest BCUT2D eigenvalue weighted by Crippen LogP contribution is -2.36. The van der Waals surface area contributed by atoms with E-state index in [-0.39, 0.29) is 6.04 Å². The summed E-state index contributed by atoms with van der Waals surface area (Å²) in [5, 5.41) is 8.78. The van der Waals surface area contributed by atoms with Gasteiger partial charge < -0.3 is 4.90 Å². The molecule has 1 aliphatic rings. The van der Waals surface area contributed by atoms with E-state index in [9.17, 15) is 8.42 Å². The number of nitrogens with zero attached hydrogens (tertiary/aromatic N) is 2. The zero-order chi connectivity index (χ0) is 14.0. The Labute approximate surface area is 113 Å². The van der Waals surface area contributed by atoms with Gasteiger partial charge in [-0.3, -0.25) is 0 Å². The first-order chi connectivity index (χ1) is 8.92. The van der Waals surface area contributed by atoms with Crippen molar-refractivity contribution in [2.24, 2.45) is 0 Å². The van der Waals surface area contributed by atoms with Crippen LogP contribution in [0.1, 0.15) is 17.5 Å². The van der Waals surface area contributed by atoms with E-state index in [0.29, 0.717) is 24.4 Å². The largest absolute Gasteiger partial charge is 0.309 e. The van der Waals surface area contributed by atoms with Crippen molar-refractivity contribution in [3.05, 3.63) is 29.3 Å². The van der Waals surface area contributed by atoms with Crippen LogP contribution in [0.5, 0.6) is 0 Å². The predicted molar refractivity (Wildman–Crippen MR) is 71.8 cm³/mol. The number of rotatable bonds is 3. The van der Waals surface area contributed by atoms with Gasteiger partial charge in [-0.15, -0.1) is 0 Å². The fraction of sp³-hybridized carbons (Fsp3) is 0.462. The van der Waals surface area contributed by atoms with Crippen LogP contribution in [0.15, 0.2) is 23.1 Å². The minimum Gasteiger partial charge on any atom is -0.309 e. The van der Waals surface area contributed by atoms with Gasteiger partial charge in [0.15, 0.2) is 6.19 Å². The quantitative estimate of drug-likeness (QED) is 0.842. The van der Waals surface area contributed by atoms with Gasteiger partial charge in [-0.2, -0.15) is 5.26 Å². The fourth-order valence-corrected chi connectivity index (χ4v) is 3.82. The third kappa shape index (κ3) is 3.06. The Morgan fingerprint density at radius 3 is 2.79 bits per heavy atom. The average molecular weight is 279 g/mol. The molecule has 0 spiro atoms. The van der Waals surface area contributed by atoms with E-state index in [1.54, 1.807) is 24.0 Å². The average Bonchev–Trinajstić information content (AvgIpc) is 2.79. The smallest absolute Gasteiger partial charge is 0.241 e. The molecule has 1 N–H and O–H groups in total. The van der Waals surface area contributed by atoms with Crippen LogP contribution >= 0.6 is 0 Å². The van der Waals surface area contributed by atoms with E-state index in [0.717, 1.165) is 11.1 Å². The molecule has 1 heterocycles. The molecule has 0 saturated carbocycles. The maximum Gasteiger partial charge on any atom is 0.241 e. The summed E-state index contributed by atoms with van der Waals surface area (Å²) in [6.07, 6.45) is 2.70. The normalized spacial score (nSPS) is 19.4. The molecule has 1 saturated heterocycles. The van der Waals surface area contributed by atoms with Crippen molar-refractivity contribution < 1.29 is 8.42 Å². The van der Waals surface area contributed by atoms with Gasteiger partial charge in [0, 0.05) is 19.1 Å². The monoisotopic (exact) mass is 279 g/mol. The van der Waals surface area contributed by atoms with Crippen LogP contribution in [-0.2, 0) is 10.0 Å². The van der Waals surface area contributed by atoms with Crippen molar-refractivity contribution in [1.82, 2.24) is 9.62 Å². The first-order valence-corrected chi connectivity index (χ1v) is 7.65. The molecule has 0 radical (unpaired) electrons. The molecule has 1 atom stereocenters. The highest BCUT2D eigenvalue weighted by atomic mass is 32.2. The molecule has 0 aliphatic carbocycles. The number of nitrogens with one attached hydrogen (secondary N) is 1. The second-order valence-electron chi connectivity index (χ2n) is 4.92. The highest BCUT2D eigenvalue weighted by molar-refractivity contribution is 7.89. The van der Waals surface area contributed by atoms with Gasteiger partial charge in [-0.05, 0) is 37.5 Å². The van der Waals surface area contributed by atoms with Crippen LogP contribution in [0.2, 0.25) is 0 Å². The number of hydrogen-bond donors (Lipinski definition) is 1. The Balaban J connectivity index is 2.20. The Morgan fingerprint density at radius 2 is 2.16 bits per heavy atom. The van der Waals surface area contributed by atoms with Gasteiger partial charge >= 0.3 is 0 Å². The summed E-state index contributed by atoms with van der Waals surface area (Å²) in [4.78, 5) is 1.89. The summed E-state index contributed by atoms with van der Waals surface area (Å²) in [6.45, 7) is 4.70. The lowest BCUT2D eigenvalue weighted by molar-refractivity contribution is 0.470. The molecular weight excluding hydrogens is 262 g/mol. The molecule has 1 aromatic carbocycles. The minimum absolute atomic E-state index is 0.190. The Bertz CT molecular complexity index is 619. The van der Waals surface area contributed by atoms with Gasteiger partial charge in [-0.25, -0.2) is 13.1 Å². The highest BCUT2D eigenvalue weighted by Crippen LogP contribution is 2.18. The first kappa shape index (κ1) is 13.8. The van der Waals surface area contributed by atoms with E-state index in [4.69, 9.17) is 5.26 Å². The standard InChI is InChI=1S/C13H17N3O2S/c1-10-3-4-11(2)13(7-10)19(17,18)15-12-5-6-16(8-12)9-14/h3-4,7,12,15H,5-6,8H2,1-2H3/t12-/m1/s1. The van der Waals surface area contributed by atoms with Crippen molar-refractivity contribution in [1.29, 1.82) is 5.26 Å². The van der Waals surface area contributed by atoms with E-state index < -0.39 is 10.0 Å². The summed E-state index contributed by atoms with van der Waals surface area (Å²) in [7, 11) is -3.51. The second kappa shape index (κ2) is 5.19. The van der Waals surface area contributed by atoms with Crippen LogP contribution in [0, 0.1) is 25.3 Å². The molecule has 0 amide bonds. The van der Waals surface area contributed by atoms with Gasteiger partial charge in [0.25, 0.3) is 0 Å². The van der Waals surface area contributed by atoms with E-state index in [1.807, 2.05) is 19.2 Å². The SMILES string of the molecule is Cc1ccc(C)c(S(=O)(=O)N[C@@H]2CCN(C#N)C2)c1. The molecule has 19 heavy (non-hydrogen) atoms. The molecule has 6 heteroatoms. The van der Waals surface area contributed by atoms with Gasteiger partial charge in [0.05, 0.1) is 4.90 Å². The number of hydrogen-bond acceptors (Lipinski definition) is 4. The molecular formula is C13H17N3O2S. The van der Waals surface area contributed by atoms with E-state index in [1.165, 1.54) is 0 Å². The minimum atomic E-state index is -3.51. The molecule has 1 aromatic rings. The lowest BCUT2D eigenvalue weighted by atomic mass is 10.2. The van der Waals surface area contributed by atoms with Crippen molar-refractivity contribution in [2.45, 2.75) is 31.2 Å². The van der Waals surface area contributed by atoms with E-state index in [2.05, 4.69) is 4.72 Å². The van der Waals surface area contributed by atoms with Crippen molar-refractivity contribution >= 4 is 10.0 Å². The predicted octanol–water partition coefficient (Wildman–Crippen LogP) is 1.14. The van der Waals surface area contributed by atoms with Crippen molar-refractivity contribution in [3.63, 3.8) is 0 Å². The molecule has 0 aromatic heterocycles. The Kier molecular flexibility index (Phi) is 3.78. The molecule has 0 unspecified atom stereocenters. The van der Waals surface area contributed by atoms with Crippen molar-refractivity contribution in [2.75, 3.05) is 13.1 Å². The molecule has 102 valence electrons. The van der Waals surface area contributed by atoms with Crippen LogP contribution in [0.25, 0.3) is 0 Å². The maximum absolute atomic E-state index is 12.3. The Hall–Kier alpha value is -1.58.